The lowest BCUT2D eigenvalue weighted by Gasteiger charge is -2.14. The molecule has 0 fully saturated rings. The molecule has 0 aliphatic heterocycles. The second-order valence-electron chi connectivity index (χ2n) is 10.2. The van der Waals surface area contributed by atoms with Crippen molar-refractivity contribution in [1.82, 2.24) is 15.0 Å². The van der Waals surface area contributed by atoms with E-state index in [1.165, 1.54) is 10.8 Å². The summed E-state index contributed by atoms with van der Waals surface area (Å²) in [5.74, 6) is 0.428. The number of nitrogens with zero attached hydrogens (tertiary/aromatic N) is 5. The van der Waals surface area contributed by atoms with E-state index >= 15 is 0 Å². The molecule has 0 bridgehead atoms. The minimum Gasteiger partial charge on any atom is -0.289 e. The van der Waals surface area contributed by atoms with Crippen molar-refractivity contribution in [3.63, 3.8) is 0 Å². The predicted octanol–water partition coefficient (Wildman–Crippen LogP) is 8.40. The Morgan fingerprint density at radius 2 is 1.27 bits per heavy atom. The molecule has 0 atom stereocenters. The molecule has 7 rings (SSSR count). The Labute approximate surface area is 254 Å². The average Bonchev–Trinajstić information content (AvgIpc) is 3.10. The number of hydrogen-bond acceptors (Lipinski definition) is 4. The van der Waals surface area contributed by atoms with Gasteiger partial charge in [-0.05, 0) is 58.3 Å². The number of nitrogens with one attached hydrogen (secondary N) is 1. The summed E-state index contributed by atoms with van der Waals surface area (Å²) in [4.78, 5) is 22.6. The van der Waals surface area contributed by atoms with Gasteiger partial charge < -0.3 is 0 Å². The second kappa shape index (κ2) is 12.0. The summed E-state index contributed by atoms with van der Waals surface area (Å²) >= 11 is 0. The molecule has 6 heteroatoms. The van der Waals surface area contributed by atoms with Gasteiger partial charge >= 0.3 is 0 Å². The van der Waals surface area contributed by atoms with Crippen LogP contribution >= 0.6 is 0 Å². The van der Waals surface area contributed by atoms with E-state index in [0.717, 1.165) is 62.0 Å². The molecule has 0 amide bonds. The quantitative estimate of drug-likeness (QED) is 0.125. The zero-order valence-electron chi connectivity index (χ0n) is 23.7. The molecule has 0 saturated carbocycles. The lowest BCUT2D eigenvalue weighted by molar-refractivity contribution is 1.31. The van der Waals surface area contributed by atoms with Gasteiger partial charge in [0.25, 0.3) is 0 Å². The van der Waals surface area contributed by atoms with Crippen molar-refractivity contribution in [3.8, 4) is 22.4 Å². The zero-order chi connectivity index (χ0) is 29.7. The standard InChI is InChI=1S/C38H26N6/c39-25-42-38(31-18-22-41-23-19-31)44-37(30-16-20-40-21-17-30)29-12-10-27(11-13-29)33-24-35(28-7-2-1-3-8-28)43-34-15-14-26-6-4-5-9-32(26)36(33)34/h1-25,39H. The monoisotopic (exact) mass is 566 g/mol. The lowest BCUT2D eigenvalue weighted by Crippen LogP contribution is -2.09. The number of fused-ring (bicyclic) bond motifs is 3. The van der Waals surface area contributed by atoms with Gasteiger partial charge in [0.1, 0.15) is 6.34 Å². The minimum absolute atomic E-state index is 0.428. The number of aromatic nitrogens is 3. The first kappa shape index (κ1) is 26.7. The summed E-state index contributed by atoms with van der Waals surface area (Å²) in [6.07, 6.45) is 7.89. The molecule has 208 valence electrons. The largest absolute Gasteiger partial charge is 0.289 e. The summed E-state index contributed by atoms with van der Waals surface area (Å²) in [6.45, 7) is 0. The highest BCUT2D eigenvalue weighted by Crippen LogP contribution is 2.36. The number of hydrogen-bond donors (Lipinski definition) is 1. The van der Waals surface area contributed by atoms with Crippen molar-refractivity contribution in [2.45, 2.75) is 0 Å². The molecular weight excluding hydrogens is 540 g/mol. The van der Waals surface area contributed by atoms with Crippen LogP contribution in [0.25, 0.3) is 44.1 Å². The molecular formula is C38H26N6. The molecule has 0 saturated heterocycles. The van der Waals surface area contributed by atoms with Crippen LogP contribution in [0.3, 0.4) is 0 Å². The van der Waals surface area contributed by atoms with Gasteiger partial charge in [-0.1, -0.05) is 84.9 Å². The van der Waals surface area contributed by atoms with E-state index in [-0.39, 0.29) is 0 Å². The molecule has 0 aliphatic rings. The van der Waals surface area contributed by atoms with E-state index in [4.69, 9.17) is 15.4 Å². The lowest BCUT2D eigenvalue weighted by atomic mass is 9.93. The summed E-state index contributed by atoms with van der Waals surface area (Å²) in [5, 5.41) is 11.1. The molecule has 3 aromatic heterocycles. The van der Waals surface area contributed by atoms with Gasteiger partial charge in [0.15, 0.2) is 5.84 Å². The van der Waals surface area contributed by atoms with Crippen LogP contribution in [0.5, 0.6) is 0 Å². The average molecular weight is 567 g/mol. The molecule has 0 spiro atoms. The van der Waals surface area contributed by atoms with Crippen LogP contribution in [0, 0.1) is 5.41 Å². The highest BCUT2D eigenvalue weighted by Gasteiger charge is 2.15. The van der Waals surface area contributed by atoms with E-state index < -0.39 is 0 Å². The summed E-state index contributed by atoms with van der Waals surface area (Å²) in [5.41, 5.74) is 8.45. The number of aliphatic imine (C=N–C) groups is 2. The molecule has 44 heavy (non-hydrogen) atoms. The maximum atomic E-state index is 7.65. The summed E-state index contributed by atoms with van der Waals surface area (Å²) in [6, 6.07) is 41.1. The molecule has 3 heterocycles. The Bertz CT molecular complexity index is 2160. The summed E-state index contributed by atoms with van der Waals surface area (Å²) in [7, 11) is 0. The smallest absolute Gasteiger partial charge is 0.161 e. The Morgan fingerprint density at radius 3 is 2.00 bits per heavy atom. The van der Waals surface area contributed by atoms with E-state index in [2.05, 4.69) is 93.8 Å². The van der Waals surface area contributed by atoms with E-state index in [1.54, 1.807) is 24.8 Å². The predicted molar refractivity (Wildman–Crippen MR) is 180 cm³/mol. The molecule has 1 N–H and O–H groups in total. The maximum Gasteiger partial charge on any atom is 0.161 e. The van der Waals surface area contributed by atoms with Crippen LogP contribution in [0.1, 0.15) is 16.7 Å². The van der Waals surface area contributed by atoms with E-state index in [1.807, 2.05) is 42.5 Å². The third-order valence-electron chi connectivity index (χ3n) is 7.53. The highest BCUT2D eigenvalue weighted by atomic mass is 14.9. The van der Waals surface area contributed by atoms with Crippen molar-refractivity contribution < 1.29 is 0 Å². The van der Waals surface area contributed by atoms with Gasteiger partial charge in [-0.15, -0.1) is 0 Å². The number of benzene rings is 4. The van der Waals surface area contributed by atoms with Gasteiger partial charge in [-0.2, -0.15) is 0 Å². The number of pyridine rings is 3. The van der Waals surface area contributed by atoms with Gasteiger partial charge in [0.05, 0.1) is 16.9 Å². The first-order valence-corrected chi connectivity index (χ1v) is 14.2. The normalized spacial score (nSPS) is 12.0. The fourth-order valence-corrected chi connectivity index (χ4v) is 5.44. The first-order valence-electron chi connectivity index (χ1n) is 14.2. The van der Waals surface area contributed by atoms with Crippen LogP contribution in [0.2, 0.25) is 0 Å². The van der Waals surface area contributed by atoms with Crippen LogP contribution < -0.4 is 0 Å². The van der Waals surface area contributed by atoms with Crippen LogP contribution in [0.15, 0.2) is 156 Å². The first-order chi connectivity index (χ1) is 21.8. The third-order valence-corrected chi connectivity index (χ3v) is 7.53. The van der Waals surface area contributed by atoms with E-state index in [0.29, 0.717) is 5.84 Å². The SMILES string of the molecule is N=CN=C(N=C(c1ccncc1)c1ccc(-c2cc(-c3ccccc3)nc3ccc4ccccc4c23)cc1)c1ccncc1. The fraction of sp³-hybridized carbons (Fsp3) is 0. The molecule has 6 nitrogen and oxygen atoms in total. The molecule has 4 aromatic carbocycles. The highest BCUT2D eigenvalue weighted by molar-refractivity contribution is 6.20. The van der Waals surface area contributed by atoms with Gasteiger partial charge in [-0.3, -0.25) is 15.4 Å². The van der Waals surface area contributed by atoms with Gasteiger partial charge in [0.2, 0.25) is 0 Å². The molecule has 0 radical (unpaired) electrons. The Kier molecular flexibility index (Phi) is 7.29. The Morgan fingerprint density at radius 1 is 0.614 bits per heavy atom. The third kappa shape index (κ3) is 5.28. The van der Waals surface area contributed by atoms with Crippen molar-refractivity contribution in [2.75, 3.05) is 0 Å². The van der Waals surface area contributed by atoms with Crippen LogP contribution in [-0.4, -0.2) is 32.8 Å². The number of amidine groups is 1. The van der Waals surface area contributed by atoms with Crippen molar-refractivity contribution >= 4 is 39.6 Å². The van der Waals surface area contributed by atoms with Gasteiger partial charge in [-0.25, -0.2) is 15.0 Å². The Balaban J connectivity index is 1.40. The maximum absolute atomic E-state index is 7.65. The number of rotatable bonds is 6. The molecule has 7 aromatic rings. The summed E-state index contributed by atoms with van der Waals surface area (Å²) < 4.78 is 0. The minimum atomic E-state index is 0.428. The molecule has 0 unspecified atom stereocenters. The van der Waals surface area contributed by atoms with Crippen LogP contribution in [-0.2, 0) is 0 Å². The Hall–Kier alpha value is -6.14. The molecule has 0 aliphatic carbocycles. The second-order valence-corrected chi connectivity index (χ2v) is 10.2. The van der Waals surface area contributed by atoms with Gasteiger partial charge in [0, 0.05) is 52.4 Å². The fourth-order valence-electron chi connectivity index (χ4n) is 5.44. The van der Waals surface area contributed by atoms with Crippen molar-refractivity contribution in [3.05, 3.63) is 163 Å². The topological polar surface area (TPSA) is 87.2 Å². The zero-order valence-corrected chi connectivity index (χ0v) is 23.7. The van der Waals surface area contributed by atoms with Crippen molar-refractivity contribution in [1.29, 1.82) is 5.41 Å². The van der Waals surface area contributed by atoms with E-state index in [9.17, 15) is 0 Å². The van der Waals surface area contributed by atoms with Crippen molar-refractivity contribution in [2.24, 2.45) is 9.98 Å². The van der Waals surface area contributed by atoms with Crippen LogP contribution in [0.4, 0.5) is 0 Å².